The fourth-order valence-electron chi connectivity index (χ4n) is 4.35. The number of anilines is 2. The second-order valence-corrected chi connectivity index (χ2v) is 8.39. The highest BCUT2D eigenvalue weighted by Gasteiger charge is 2.15. The molecule has 1 aliphatic rings. The molecule has 2 heterocycles. The first-order valence-electron chi connectivity index (χ1n) is 11.4. The summed E-state index contributed by atoms with van der Waals surface area (Å²) < 4.78 is 5.48. The molecular weight excluding hydrogens is 414 g/mol. The largest absolute Gasteiger partial charge is 0.493 e. The lowest BCUT2D eigenvalue weighted by atomic mass is 9.90. The number of hydrogen-bond donors (Lipinski definition) is 3. The number of benzene rings is 2. The van der Waals surface area contributed by atoms with Crippen molar-refractivity contribution in [2.45, 2.75) is 38.0 Å². The highest BCUT2D eigenvalue weighted by Crippen LogP contribution is 2.27. The number of primary amides is 1. The van der Waals surface area contributed by atoms with Crippen LogP contribution in [0.4, 0.5) is 11.6 Å². The van der Waals surface area contributed by atoms with Crippen molar-refractivity contribution >= 4 is 17.5 Å². The first-order chi connectivity index (χ1) is 16.1. The first-order valence-corrected chi connectivity index (χ1v) is 11.4. The molecule has 7 heteroatoms. The lowest BCUT2D eigenvalue weighted by Crippen LogP contribution is -2.26. The molecule has 0 radical (unpaired) electrons. The van der Waals surface area contributed by atoms with Crippen LogP contribution in [0, 0.1) is 0 Å². The number of aromatic nitrogens is 2. The van der Waals surface area contributed by atoms with E-state index in [9.17, 15) is 4.79 Å². The summed E-state index contributed by atoms with van der Waals surface area (Å²) in [7, 11) is 1.62. The molecule has 0 bridgehead atoms. The number of nitrogens with one attached hydrogen (secondary N) is 2. The molecule has 1 amide bonds. The van der Waals surface area contributed by atoms with Crippen LogP contribution in [-0.2, 0) is 24.1 Å². The second kappa shape index (κ2) is 10.9. The molecule has 0 unspecified atom stereocenters. The number of methoxy groups -OCH3 is 1. The maximum absolute atomic E-state index is 11.4. The Morgan fingerprint density at radius 2 is 1.82 bits per heavy atom. The number of hydrogen-bond acceptors (Lipinski definition) is 6. The van der Waals surface area contributed by atoms with Gasteiger partial charge in [0.05, 0.1) is 25.4 Å². The van der Waals surface area contributed by atoms with E-state index in [0.717, 1.165) is 42.0 Å². The molecule has 2 aromatic carbocycles. The number of nitrogens with zero attached hydrogens (tertiary/aromatic N) is 2. The summed E-state index contributed by atoms with van der Waals surface area (Å²) in [6, 6.07) is 16.4. The van der Waals surface area contributed by atoms with Gasteiger partial charge in [0.1, 0.15) is 0 Å². The molecule has 3 aromatic rings. The number of carbonyl (C=O) groups excluding carboxylic acids is 1. The van der Waals surface area contributed by atoms with Gasteiger partial charge >= 0.3 is 0 Å². The number of ether oxygens (including phenoxy) is 1. The zero-order valence-electron chi connectivity index (χ0n) is 19.0. The van der Waals surface area contributed by atoms with Crippen LogP contribution in [0.25, 0.3) is 0 Å². The molecule has 33 heavy (non-hydrogen) atoms. The smallest absolute Gasteiger partial charge is 0.227 e. The van der Waals surface area contributed by atoms with E-state index in [-0.39, 0.29) is 12.3 Å². The van der Waals surface area contributed by atoms with Crippen LogP contribution >= 0.6 is 0 Å². The molecule has 0 saturated carbocycles. The second-order valence-electron chi connectivity index (χ2n) is 8.39. The van der Waals surface area contributed by atoms with Crippen LogP contribution in [0.2, 0.25) is 0 Å². The summed E-state index contributed by atoms with van der Waals surface area (Å²) in [6.07, 6.45) is 5.67. The number of carbonyl (C=O) groups is 1. The molecule has 172 valence electrons. The zero-order chi connectivity index (χ0) is 23.0. The van der Waals surface area contributed by atoms with Crippen molar-refractivity contribution in [2.75, 3.05) is 25.5 Å². The third kappa shape index (κ3) is 6.08. The van der Waals surface area contributed by atoms with Gasteiger partial charge in [-0.2, -0.15) is 0 Å². The molecule has 0 atom stereocenters. The Hall–Kier alpha value is -3.45. The van der Waals surface area contributed by atoms with Crippen LogP contribution in [-0.4, -0.2) is 36.1 Å². The van der Waals surface area contributed by atoms with Crippen LogP contribution in [0.15, 0.2) is 54.7 Å². The topological polar surface area (TPSA) is 102 Å². The molecule has 1 aromatic heterocycles. The van der Waals surface area contributed by atoms with E-state index in [4.69, 9.17) is 15.5 Å². The monoisotopic (exact) mass is 445 g/mol. The lowest BCUT2D eigenvalue weighted by molar-refractivity contribution is -0.117. The first kappa shape index (κ1) is 22.7. The van der Waals surface area contributed by atoms with Gasteiger partial charge in [-0.05, 0) is 73.5 Å². The van der Waals surface area contributed by atoms with Crippen molar-refractivity contribution in [3.05, 3.63) is 77.1 Å². The van der Waals surface area contributed by atoms with Crippen LogP contribution in [0.3, 0.4) is 0 Å². The predicted molar refractivity (Wildman–Crippen MR) is 130 cm³/mol. The fraction of sp³-hybridized carbons (Fsp3) is 0.346. The number of amides is 1. The third-order valence-electron chi connectivity index (χ3n) is 6.14. The van der Waals surface area contributed by atoms with Crippen molar-refractivity contribution < 1.29 is 9.53 Å². The molecule has 0 aliphatic carbocycles. The number of aryl methyl sites for hydroxylation is 2. The molecule has 4 rings (SSSR count). The summed E-state index contributed by atoms with van der Waals surface area (Å²) in [5.74, 6) is 1.47. The normalized spacial score (nSPS) is 14.1. The Labute approximate surface area is 194 Å². The predicted octanol–water partition coefficient (Wildman–Crippen LogP) is 3.51. The highest BCUT2D eigenvalue weighted by molar-refractivity contribution is 5.77. The summed E-state index contributed by atoms with van der Waals surface area (Å²) in [4.78, 5) is 20.5. The summed E-state index contributed by atoms with van der Waals surface area (Å²) in [5, 5.41) is 6.73. The molecule has 7 nitrogen and oxygen atoms in total. The van der Waals surface area contributed by atoms with Crippen LogP contribution in [0.1, 0.15) is 41.1 Å². The van der Waals surface area contributed by atoms with Crippen LogP contribution < -0.4 is 21.1 Å². The van der Waals surface area contributed by atoms with E-state index in [1.165, 1.54) is 18.4 Å². The number of piperidine rings is 1. The number of rotatable bonds is 9. The standard InChI is InChI=1S/C26H31N5O2/c1-33-24-17-29-26(30-22-9-6-19(7-10-22)20-12-14-28-15-13-20)31-23(24)11-8-18-4-2-3-5-21(18)16-25(27)32/h2-7,9-10,17,20,28H,8,11-16H2,1H3,(H2,27,32)(H,29,30,31). The lowest BCUT2D eigenvalue weighted by Gasteiger charge is -2.23. The van der Waals surface area contributed by atoms with Gasteiger partial charge < -0.3 is 21.1 Å². The molecule has 1 fully saturated rings. The Morgan fingerprint density at radius 1 is 1.09 bits per heavy atom. The Balaban J connectivity index is 1.45. The SMILES string of the molecule is COc1cnc(Nc2ccc(C3CCNCC3)cc2)nc1CCc1ccccc1CC(N)=O. The van der Waals surface area contributed by atoms with Gasteiger partial charge in [-0.1, -0.05) is 36.4 Å². The maximum Gasteiger partial charge on any atom is 0.227 e. The van der Waals surface area contributed by atoms with E-state index in [0.29, 0.717) is 24.0 Å². The summed E-state index contributed by atoms with van der Waals surface area (Å²) >= 11 is 0. The van der Waals surface area contributed by atoms with Gasteiger partial charge in [0.15, 0.2) is 5.75 Å². The zero-order valence-corrected chi connectivity index (χ0v) is 19.0. The van der Waals surface area contributed by atoms with E-state index in [1.807, 2.05) is 24.3 Å². The maximum atomic E-state index is 11.4. The van der Waals surface area contributed by atoms with Crippen molar-refractivity contribution in [1.29, 1.82) is 0 Å². The van der Waals surface area contributed by atoms with Crippen molar-refractivity contribution in [2.24, 2.45) is 5.73 Å². The van der Waals surface area contributed by atoms with Crippen molar-refractivity contribution in [3.63, 3.8) is 0 Å². The Morgan fingerprint density at radius 3 is 2.52 bits per heavy atom. The van der Waals surface area contributed by atoms with Gasteiger partial charge in [-0.25, -0.2) is 9.97 Å². The van der Waals surface area contributed by atoms with Crippen LogP contribution in [0.5, 0.6) is 5.75 Å². The minimum atomic E-state index is -0.334. The molecular formula is C26H31N5O2. The van der Waals surface area contributed by atoms with E-state index >= 15 is 0 Å². The van der Waals surface area contributed by atoms with Gasteiger partial charge in [0.25, 0.3) is 0 Å². The summed E-state index contributed by atoms with van der Waals surface area (Å²) in [5.41, 5.74) is 10.6. The van der Waals surface area contributed by atoms with E-state index in [2.05, 4.69) is 39.9 Å². The highest BCUT2D eigenvalue weighted by atomic mass is 16.5. The van der Waals surface area contributed by atoms with Gasteiger partial charge in [-0.15, -0.1) is 0 Å². The fourth-order valence-corrected chi connectivity index (χ4v) is 4.35. The van der Waals surface area contributed by atoms with Crippen molar-refractivity contribution in [3.8, 4) is 5.75 Å². The third-order valence-corrected chi connectivity index (χ3v) is 6.14. The van der Waals surface area contributed by atoms with E-state index < -0.39 is 0 Å². The minimum absolute atomic E-state index is 0.233. The molecule has 4 N–H and O–H groups in total. The number of nitrogens with two attached hydrogens (primary N) is 1. The quantitative estimate of drug-likeness (QED) is 0.466. The summed E-state index contributed by atoms with van der Waals surface area (Å²) in [6.45, 7) is 2.17. The Kier molecular flexibility index (Phi) is 7.52. The molecule has 1 saturated heterocycles. The minimum Gasteiger partial charge on any atom is -0.493 e. The Bertz CT molecular complexity index is 1080. The molecule has 0 spiro atoms. The van der Waals surface area contributed by atoms with Crippen molar-refractivity contribution in [1.82, 2.24) is 15.3 Å². The average molecular weight is 446 g/mol. The van der Waals surface area contributed by atoms with Gasteiger partial charge in [-0.3, -0.25) is 4.79 Å². The van der Waals surface area contributed by atoms with E-state index in [1.54, 1.807) is 13.3 Å². The van der Waals surface area contributed by atoms with Gasteiger partial charge in [0.2, 0.25) is 11.9 Å². The van der Waals surface area contributed by atoms with Gasteiger partial charge in [0, 0.05) is 5.69 Å². The average Bonchev–Trinajstić information content (AvgIpc) is 2.84. The molecule has 1 aliphatic heterocycles.